The van der Waals surface area contributed by atoms with Crippen LogP contribution in [0.1, 0.15) is 34.3 Å². The van der Waals surface area contributed by atoms with Crippen molar-refractivity contribution < 1.29 is 24.2 Å². The number of aliphatic hydroxyl groups is 1. The number of nitrogens with one attached hydrogen (secondary N) is 2. The number of hydrogen-bond acceptors (Lipinski definition) is 5. The lowest BCUT2D eigenvalue weighted by Gasteiger charge is -2.27. The third-order valence-electron chi connectivity index (χ3n) is 5.33. The Labute approximate surface area is 191 Å². The monoisotopic (exact) mass is 444 g/mol. The summed E-state index contributed by atoms with van der Waals surface area (Å²) in [6, 6.07) is 23.6. The minimum atomic E-state index is -2.07. The minimum absolute atomic E-state index is 0.198. The Bertz CT molecular complexity index is 1100. The third-order valence-corrected chi connectivity index (χ3v) is 5.33. The number of amides is 2. The van der Waals surface area contributed by atoms with Crippen molar-refractivity contribution in [2.75, 3.05) is 11.9 Å². The van der Waals surface area contributed by atoms with Crippen molar-refractivity contribution in [1.29, 1.82) is 0 Å². The van der Waals surface area contributed by atoms with E-state index in [-0.39, 0.29) is 11.9 Å². The van der Waals surface area contributed by atoms with Crippen molar-refractivity contribution in [3.8, 4) is 0 Å². The number of benzene rings is 3. The van der Waals surface area contributed by atoms with E-state index in [0.717, 1.165) is 12.8 Å². The van der Waals surface area contributed by atoms with E-state index < -0.39 is 24.1 Å². The first-order valence-corrected chi connectivity index (χ1v) is 10.7. The molecule has 0 bridgehead atoms. The van der Waals surface area contributed by atoms with Crippen LogP contribution in [0.5, 0.6) is 0 Å². The summed E-state index contributed by atoms with van der Waals surface area (Å²) >= 11 is 0. The highest BCUT2D eigenvalue weighted by molar-refractivity contribution is 5.98. The summed E-state index contributed by atoms with van der Waals surface area (Å²) in [4.78, 5) is 37.6. The predicted octanol–water partition coefficient (Wildman–Crippen LogP) is 3.00. The number of ether oxygens (including phenoxy) is 1. The third kappa shape index (κ3) is 5.27. The molecule has 0 aliphatic heterocycles. The zero-order valence-corrected chi connectivity index (χ0v) is 17.9. The second-order valence-electron chi connectivity index (χ2n) is 7.90. The molecule has 1 saturated carbocycles. The van der Waals surface area contributed by atoms with Crippen LogP contribution in [0, 0.1) is 0 Å². The molecule has 0 saturated heterocycles. The number of hydrogen-bond donors (Lipinski definition) is 3. The van der Waals surface area contributed by atoms with Crippen LogP contribution in [0.3, 0.4) is 0 Å². The summed E-state index contributed by atoms with van der Waals surface area (Å²) in [7, 11) is 0. The van der Waals surface area contributed by atoms with Crippen molar-refractivity contribution in [1.82, 2.24) is 5.32 Å². The van der Waals surface area contributed by atoms with Crippen LogP contribution in [0.25, 0.3) is 0 Å². The largest absolute Gasteiger partial charge is 0.453 e. The minimum Gasteiger partial charge on any atom is -0.453 e. The van der Waals surface area contributed by atoms with E-state index in [1.165, 1.54) is 0 Å². The standard InChI is InChI=1S/C26H24N2O5/c29-23(27-22-13-7-8-18(16-22)24(30)28-21-14-15-21)17-33-25(31)26(32,19-9-3-1-4-10-19)20-11-5-2-6-12-20/h1-13,16,21,32H,14-15,17H2,(H,27,29)(H,28,30). The average molecular weight is 444 g/mol. The highest BCUT2D eigenvalue weighted by Gasteiger charge is 2.41. The second-order valence-corrected chi connectivity index (χ2v) is 7.90. The van der Waals surface area contributed by atoms with Crippen molar-refractivity contribution in [3.63, 3.8) is 0 Å². The molecule has 3 aromatic rings. The number of carbonyl (C=O) groups excluding carboxylic acids is 3. The molecular weight excluding hydrogens is 420 g/mol. The predicted molar refractivity (Wildman–Crippen MR) is 122 cm³/mol. The van der Waals surface area contributed by atoms with Gasteiger partial charge in [0, 0.05) is 17.3 Å². The van der Waals surface area contributed by atoms with Crippen LogP contribution in [0.2, 0.25) is 0 Å². The van der Waals surface area contributed by atoms with E-state index in [1.807, 2.05) is 0 Å². The Morgan fingerprint density at radius 1 is 0.879 bits per heavy atom. The molecule has 3 aromatic carbocycles. The Kier molecular flexibility index (Phi) is 6.51. The molecule has 7 nitrogen and oxygen atoms in total. The maximum absolute atomic E-state index is 13.0. The number of esters is 1. The summed E-state index contributed by atoms with van der Waals surface area (Å²) in [6.45, 7) is -0.598. The number of rotatable bonds is 8. The summed E-state index contributed by atoms with van der Waals surface area (Å²) < 4.78 is 5.21. The van der Waals surface area contributed by atoms with Crippen LogP contribution >= 0.6 is 0 Å². The lowest BCUT2D eigenvalue weighted by atomic mass is 9.86. The van der Waals surface area contributed by atoms with Crippen LogP contribution in [0.4, 0.5) is 5.69 Å². The van der Waals surface area contributed by atoms with Gasteiger partial charge in [-0.25, -0.2) is 4.79 Å². The molecule has 168 valence electrons. The second kappa shape index (κ2) is 9.67. The quantitative estimate of drug-likeness (QED) is 0.464. The lowest BCUT2D eigenvalue weighted by Crippen LogP contribution is -2.39. The van der Waals surface area contributed by atoms with Gasteiger partial charge in [0.25, 0.3) is 11.8 Å². The molecule has 0 unspecified atom stereocenters. The van der Waals surface area contributed by atoms with Gasteiger partial charge in [-0.1, -0.05) is 66.7 Å². The molecule has 4 rings (SSSR count). The molecule has 33 heavy (non-hydrogen) atoms. The SMILES string of the molecule is O=C(COC(=O)C(O)(c1ccccc1)c1ccccc1)Nc1cccc(C(=O)NC2CC2)c1. The van der Waals surface area contributed by atoms with Crippen LogP contribution in [0.15, 0.2) is 84.9 Å². The van der Waals surface area contributed by atoms with Gasteiger partial charge >= 0.3 is 5.97 Å². The molecule has 1 fully saturated rings. The first-order chi connectivity index (χ1) is 16.0. The Morgan fingerprint density at radius 3 is 2.06 bits per heavy atom. The van der Waals surface area contributed by atoms with Crippen molar-refractivity contribution >= 4 is 23.5 Å². The fourth-order valence-electron chi connectivity index (χ4n) is 3.43. The normalized spacial score (nSPS) is 13.1. The zero-order chi connectivity index (χ0) is 23.3. The molecule has 0 spiro atoms. The fraction of sp³-hybridized carbons (Fsp3) is 0.192. The van der Waals surface area contributed by atoms with E-state index in [0.29, 0.717) is 22.4 Å². The maximum atomic E-state index is 13.0. The van der Waals surface area contributed by atoms with Gasteiger partial charge in [0.2, 0.25) is 5.60 Å². The van der Waals surface area contributed by atoms with Gasteiger partial charge < -0.3 is 20.5 Å². The highest BCUT2D eigenvalue weighted by Crippen LogP contribution is 2.31. The fourth-order valence-corrected chi connectivity index (χ4v) is 3.43. The van der Waals surface area contributed by atoms with Gasteiger partial charge in [0.1, 0.15) is 0 Å². The maximum Gasteiger partial charge on any atom is 0.348 e. The first-order valence-electron chi connectivity index (χ1n) is 10.7. The van der Waals surface area contributed by atoms with E-state index >= 15 is 0 Å². The van der Waals surface area contributed by atoms with Gasteiger partial charge in [0.05, 0.1) is 0 Å². The number of anilines is 1. The first kappa shape index (κ1) is 22.2. The summed E-state index contributed by atoms with van der Waals surface area (Å²) in [5.41, 5.74) is -0.573. The molecule has 0 atom stereocenters. The van der Waals surface area contributed by atoms with E-state index in [9.17, 15) is 19.5 Å². The van der Waals surface area contributed by atoms with Gasteiger partial charge in [-0.05, 0) is 42.2 Å². The van der Waals surface area contributed by atoms with Crippen LogP contribution in [-0.4, -0.2) is 35.5 Å². The van der Waals surface area contributed by atoms with E-state index in [2.05, 4.69) is 10.6 Å². The molecule has 0 aromatic heterocycles. The molecule has 2 amide bonds. The van der Waals surface area contributed by atoms with E-state index in [4.69, 9.17) is 4.74 Å². The molecular formula is C26H24N2O5. The van der Waals surface area contributed by atoms with Gasteiger partial charge in [-0.15, -0.1) is 0 Å². The molecule has 0 heterocycles. The van der Waals surface area contributed by atoms with Crippen LogP contribution < -0.4 is 10.6 Å². The number of carbonyl (C=O) groups is 3. The summed E-state index contributed by atoms with van der Waals surface area (Å²) in [5, 5.41) is 16.9. The lowest BCUT2D eigenvalue weighted by molar-refractivity contribution is -0.163. The van der Waals surface area contributed by atoms with Crippen molar-refractivity contribution in [2.45, 2.75) is 24.5 Å². The topological polar surface area (TPSA) is 105 Å². The van der Waals surface area contributed by atoms with Gasteiger partial charge in [0.15, 0.2) is 6.61 Å². The molecule has 1 aliphatic carbocycles. The van der Waals surface area contributed by atoms with Gasteiger partial charge in [-0.3, -0.25) is 9.59 Å². The summed E-state index contributed by atoms with van der Waals surface area (Å²) in [5.74, 6) is -1.75. The Balaban J connectivity index is 1.43. The molecule has 0 radical (unpaired) electrons. The van der Waals surface area contributed by atoms with Crippen LogP contribution in [-0.2, 0) is 19.9 Å². The highest BCUT2D eigenvalue weighted by atomic mass is 16.6. The zero-order valence-electron chi connectivity index (χ0n) is 17.9. The molecule has 7 heteroatoms. The Hall–Kier alpha value is -3.97. The van der Waals surface area contributed by atoms with Crippen molar-refractivity contribution in [2.24, 2.45) is 0 Å². The summed E-state index contributed by atoms with van der Waals surface area (Å²) in [6.07, 6.45) is 1.96. The molecule has 3 N–H and O–H groups in total. The van der Waals surface area contributed by atoms with Crippen molar-refractivity contribution in [3.05, 3.63) is 102 Å². The Morgan fingerprint density at radius 2 is 1.48 bits per heavy atom. The molecule has 1 aliphatic rings. The smallest absolute Gasteiger partial charge is 0.348 e. The average Bonchev–Trinajstić information content (AvgIpc) is 3.67. The van der Waals surface area contributed by atoms with Gasteiger partial charge in [-0.2, -0.15) is 0 Å². The van der Waals surface area contributed by atoms with E-state index in [1.54, 1.807) is 84.9 Å².